The molecule has 2 N–H and O–H groups in total. The van der Waals surface area contributed by atoms with Crippen molar-refractivity contribution in [2.24, 2.45) is 0 Å². The summed E-state index contributed by atoms with van der Waals surface area (Å²) in [6, 6.07) is 27.8. The molecular weight excluding hydrogens is 378 g/mol. The van der Waals surface area contributed by atoms with E-state index in [2.05, 4.69) is 75.9 Å². The first-order valence-corrected chi connectivity index (χ1v) is 10.5. The van der Waals surface area contributed by atoms with E-state index in [9.17, 15) is 0 Å². The van der Waals surface area contributed by atoms with Crippen molar-refractivity contribution >= 4 is 28.2 Å². The number of aromatic nitrogens is 1. The lowest BCUT2D eigenvalue weighted by atomic mass is 10.1. The highest BCUT2D eigenvalue weighted by atomic mass is 35.5. The summed E-state index contributed by atoms with van der Waals surface area (Å²) in [5.74, 6) is 0. The van der Waals surface area contributed by atoms with E-state index in [-0.39, 0.29) is 0 Å². The van der Waals surface area contributed by atoms with Gasteiger partial charge in [0.05, 0.1) is 11.2 Å². The summed E-state index contributed by atoms with van der Waals surface area (Å²) in [6.45, 7) is 3.15. The minimum Gasteiger partial charge on any atom is -0.379 e. The second kappa shape index (κ2) is 7.94. The van der Waals surface area contributed by atoms with E-state index >= 15 is 0 Å². The van der Waals surface area contributed by atoms with Gasteiger partial charge in [0.15, 0.2) is 0 Å². The minimum atomic E-state index is 0.420. The molecule has 1 fully saturated rings. The lowest BCUT2D eigenvalue weighted by Crippen LogP contribution is -2.26. The van der Waals surface area contributed by atoms with Crippen LogP contribution in [0.3, 0.4) is 0 Å². The van der Waals surface area contributed by atoms with Gasteiger partial charge in [0, 0.05) is 41.8 Å². The van der Waals surface area contributed by atoms with Crippen molar-refractivity contribution in [2.45, 2.75) is 19.0 Å². The summed E-state index contributed by atoms with van der Waals surface area (Å²) in [5, 5.41) is 5.65. The van der Waals surface area contributed by atoms with Gasteiger partial charge in [-0.1, -0.05) is 72.3 Å². The number of nitrogens with zero attached hydrogens (tertiary/aromatic N) is 1. The van der Waals surface area contributed by atoms with Gasteiger partial charge >= 0.3 is 0 Å². The van der Waals surface area contributed by atoms with Crippen LogP contribution in [0.5, 0.6) is 0 Å². The third kappa shape index (κ3) is 4.02. The zero-order chi connectivity index (χ0) is 19.6. The second-order valence-electron chi connectivity index (χ2n) is 7.82. The monoisotopic (exact) mass is 401 g/mol. The first kappa shape index (κ1) is 18.3. The molecule has 1 unspecified atom stereocenters. The van der Waals surface area contributed by atoms with Crippen LogP contribution in [0.4, 0.5) is 5.69 Å². The molecule has 2 heterocycles. The van der Waals surface area contributed by atoms with E-state index in [1.54, 1.807) is 0 Å². The van der Waals surface area contributed by atoms with Crippen molar-refractivity contribution in [3.8, 4) is 11.3 Å². The van der Waals surface area contributed by atoms with Crippen molar-refractivity contribution in [3.05, 3.63) is 89.4 Å². The number of halogens is 1. The average Bonchev–Trinajstić information content (AvgIpc) is 3.36. The van der Waals surface area contributed by atoms with Gasteiger partial charge in [-0.25, -0.2) is 0 Å². The summed E-state index contributed by atoms with van der Waals surface area (Å²) in [7, 11) is 0. The highest BCUT2D eigenvalue weighted by molar-refractivity contribution is 6.32. The standard InChI is InChI=1S/C25H24ClN3/c26-21-13-20-14-23(19-9-5-2-6-10-19)28-25(20)24(15-21)27-22-11-12-29(17-22)16-18-7-3-1-4-8-18/h1-10,13-15,22,27-28H,11-12,16-17H2. The Morgan fingerprint density at radius 1 is 0.966 bits per heavy atom. The number of hydrogen-bond acceptors (Lipinski definition) is 2. The largest absolute Gasteiger partial charge is 0.379 e. The molecule has 5 rings (SSSR count). The molecule has 0 bridgehead atoms. The molecule has 0 radical (unpaired) electrons. The van der Waals surface area contributed by atoms with E-state index in [0.717, 1.165) is 53.4 Å². The Hall–Kier alpha value is -2.75. The van der Waals surface area contributed by atoms with Crippen LogP contribution >= 0.6 is 11.6 Å². The van der Waals surface area contributed by atoms with Crippen LogP contribution in [0.15, 0.2) is 78.9 Å². The molecule has 1 saturated heterocycles. The predicted molar refractivity (Wildman–Crippen MR) is 122 cm³/mol. The summed E-state index contributed by atoms with van der Waals surface area (Å²) < 4.78 is 0. The Kier molecular flexibility index (Phi) is 5.01. The van der Waals surface area contributed by atoms with Crippen molar-refractivity contribution in [3.63, 3.8) is 0 Å². The predicted octanol–water partition coefficient (Wildman–Crippen LogP) is 6.17. The topological polar surface area (TPSA) is 31.1 Å². The van der Waals surface area contributed by atoms with Crippen molar-refractivity contribution in [1.29, 1.82) is 0 Å². The Labute approximate surface area is 176 Å². The van der Waals surface area contributed by atoms with Crippen LogP contribution in [0.1, 0.15) is 12.0 Å². The number of rotatable bonds is 5. The molecule has 1 aliphatic rings. The van der Waals surface area contributed by atoms with Gasteiger partial charge in [-0.05, 0) is 35.7 Å². The molecule has 0 aliphatic carbocycles. The van der Waals surface area contributed by atoms with Crippen LogP contribution in [0.2, 0.25) is 5.02 Å². The fourth-order valence-electron chi connectivity index (χ4n) is 4.25. The van der Waals surface area contributed by atoms with Gasteiger partial charge in [0.25, 0.3) is 0 Å². The zero-order valence-corrected chi connectivity index (χ0v) is 17.0. The molecule has 0 amide bonds. The molecule has 1 atom stereocenters. The summed E-state index contributed by atoms with van der Waals surface area (Å²) in [5.41, 5.74) is 5.87. The average molecular weight is 402 g/mol. The van der Waals surface area contributed by atoms with Gasteiger partial charge in [0.1, 0.15) is 0 Å². The van der Waals surface area contributed by atoms with Crippen molar-refractivity contribution in [2.75, 3.05) is 18.4 Å². The lowest BCUT2D eigenvalue weighted by Gasteiger charge is -2.18. The van der Waals surface area contributed by atoms with E-state index < -0.39 is 0 Å². The minimum absolute atomic E-state index is 0.420. The zero-order valence-electron chi connectivity index (χ0n) is 16.2. The molecule has 1 aromatic heterocycles. The number of aromatic amines is 1. The summed E-state index contributed by atoms with van der Waals surface area (Å²) in [4.78, 5) is 6.11. The Balaban J connectivity index is 1.36. The number of benzene rings is 3. The third-order valence-electron chi connectivity index (χ3n) is 5.66. The van der Waals surface area contributed by atoms with Crippen molar-refractivity contribution in [1.82, 2.24) is 9.88 Å². The van der Waals surface area contributed by atoms with Gasteiger partial charge < -0.3 is 10.3 Å². The molecule has 0 spiro atoms. The number of H-pyrrole nitrogens is 1. The highest BCUT2D eigenvalue weighted by Gasteiger charge is 2.23. The van der Waals surface area contributed by atoms with Crippen LogP contribution in [0.25, 0.3) is 22.2 Å². The van der Waals surface area contributed by atoms with Crippen LogP contribution in [-0.2, 0) is 6.54 Å². The smallest absolute Gasteiger partial charge is 0.0695 e. The third-order valence-corrected chi connectivity index (χ3v) is 5.88. The molecule has 3 nitrogen and oxygen atoms in total. The molecule has 29 heavy (non-hydrogen) atoms. The van der Waals surface area contributed by atoms with Crippen LogP contribution in [-0.4, -0.2) is 29.0 Å². The number of fused-ring (bicyclic) bond motifs is 1. The van der Waals surface area contributed by atoms with Gasteiger partial charge in [-0.3, -0.25) is 4.90 Å². The number of hydrogen-bond donors (Lipinski definition) is 2. The second-order valence-corrected chi connectivity index (χ2v) is 8.25. The maximum absolute atomic E-state index is 6.44. The summed E-state index contributed by atoms with van der Waals surface area (Å²) >= 11 is 6.44. The first-order valence-electron chi connectivity index (χ1n) is 10.1. The molecule has 4 heteroatoms. The SMILES string of the molecule is Clc1cc(NC2CCN(Cc3ccccc3)C2)c2[nH]c(-c3ccccc3)cc2c1. The molecule has 1 aliphatic heterocycles. The molecule has 3 aromatic carbocycles. The number of anilines is 1. The molecule has 0 saturated carbocycles. The Morgan fingerprint density at radius 2 is 1.72 bits per heavy atom. The van der Waals surface area contributed by atoms with Crippen molar-refractivity contribution < 1.29 is 0 Å². The number of nitrogens with one attached hydrogen (secondary N) is 2. The first-order chi connectivity index (χ1) is 14.2. The van der Waals surface area contributed by atoms with E-state index in [0.29, 0.717) is 6.04 Å². The maximum atomic E-state index is 6.44. The Morgan fingerprint density at radius 3 is 2.52 bits per heavy atom. The Bertz CT molecular complexity index is 1110. The fraction of sp³-hybridized carbons (Fsp3) is 0.200. The molecular formula is C25H24ClN3. The maximum Gasteiger partial charge on any atom is 0.0695 e. The molecule has 146 valence electrons. The summed E-state index contributed by atoms with van der Waals surface area (Å²) in [6.07, 6.45) is 1.13. The lowest BCUT2D eigenvalue weighted by molar-refractivity contribution is 0.328. The normalized spacial score (nSPS) is 17.1. The van der Waals surface area contributed by atoms with Crippen LogP contribution in [0, 0.1) is 0 Å². The van der Waals surface area contributed by atoms with Gasteiger partial charge in [-0.15, -0.1) is 0 Å². The fourth-order valence-corrected chi connectivity index (χ4v) is 4.48. The molecule has 4 aromatic rings. The van der Waals surface area contributed by atoms with Gasteiger partial charge in [0.2, 0.25) is 0 Å². The van der Waals surface area contributed by atoms with E-state index in [1.165, 1.54) is 11.1 Å². The quantitative estimate of drug-likeness (QED) is 0.418. The van der Waals surface area contributed by atoms with Gasteiger partial charge in [-0.2, -0.15) is 0 Å². The van der Waals surface area contributed by atoms with E-state index in [4.69, 9.17) is 11.6 Å². The van der Waals surface area contributed by atoms with E-state index in [1.807, 2.05) is 18.2 Å². The van der Waals surface area contributed by atoms with Crippen LogP contribution < -0.4 is 5.32 Å². The highest BCUT2D eigenvalue weighted by Crippen LogP contribution is 2.33. The number of likely N-dealkylation sites (tertiary alicyclic amines) is 1.